The summed E-state index contributed by atoms with van der Waals surface area (Å²) >= 11 is 6.15. The Hall–Kier alpha value is -4.20. The molecular formula is C24H21ClF4N8O2. The van der Waals surface area contributed by atoms with E-state index < -0.39 is 40.6 Å². The maximum absolute atomic E-state index is 16.2. The van der Waals surface area contributed by atoms with Gasteiger partial charge in [-0.1, -0.05) is 11.6 Å². The molecule has 10 nitrogen and oxygen atoms in total. The maximum Gasteiger partial charge on any atom is 0.418 e. The number of pyridine rings is 3. The number of rotatable bonds is 4. The molecule has 1 atom stereocenters. The first kappa shape index (κ1) is 26.4. The number of methoxy groups -OCH3 is 1. The van der Waals surface area contributed by atoms with Gasteiger partial charge >= 0.3 is 12.2 Å². The Morgan fingerprint density at radius 1 is 1.15 bits per heavy atom. The maximum atomic E-state index is 16.2. The molecule has 0 aliphatic carbocycles. The van der Waals surface area contributed by atoms with E-state index in [1.807, 2.05) is 6.92 Å². The van der Waals surface area contributed by atoms with E-state index >= 15 is 4.39 Å². The number of aryl methyl sites for hydroxylation is 1. The number of hydrogen-bond acceptors (Lipinski definition) is 10. The minimum Gasteiger partial charge on any atom is -0.475 e. The van der Waals surface area contributed by atoms with Crippen LogP contribution in [0.25, 0.3) is 22.2 Å². The van der Waals surface area contributed by atoms with Gasteiger partial charge in [0.05, 0.1) is 36.0 Å². The van der Waals surface area contributed by atoms with Crippen LogP contribution in [0.2, 0.25) is 5.02 Å². The zero-order chi connectivity index (χ0) is 28.2. The van der Waals surface area contributed by atoms with Gasteiger partial charge in [0.25, 0.3) is 0 Å². The highest BCUT2D eigenvalue weighted by molar-refractivity contribution is 6.30. The second kappa shape index (κ2) is 9.52. The molecule has 5 rings (SSSR count). The number of nitrogen functional groups attached to an aromatic ring is 2. The van der Waals surface area contributed by atoms with Crippen LogP contribution in [0.1, 0.15) is 29.8 Å². The number of aromatic nitrogens is 5. The Labute approximate surface area is 224 Å². The van der Waals surface area contributed by atoms with E-state index in [0.29, 0.717) is 10.6 Å². The average Bonchev–Trinajstić information content (AvgIpc) is 3.05. The lowest BCUT2D eigenvalue weighted by molar-refractivity contribution is -0.137. The molecular weight excluding hydrogens is 544 g/mol. The molecule has 0 amide bonds. The zero-order valence-electron chi connectivity index (χ0n) is 20.8. The summed E-state index contributed by atoms with van der Waals surface area (Å²) in [6, 6.07) is 1.85. The highest BCUT2D eigenvalue weighted by Crippen LogP contribution is 2.45. The van der Waals surface area contributed by atoms with Gasteiger partial charge in [0, 0.05) is 17.3 Å². The Bertz CT molecular complexity index is 1620. The molecule has 0 fully saturated rings. The molecule has 0 saturated heterocycles. The van der Waals surface area contributed by atoms with Crippen LogP contribution in [0.4, 0.5) is 35.0 Å². The van der Waals surface area contributed by atoms with Crippen molar-refractivity contribution in [2.24, 2.45) is 0 Å². The van der Waals surface area contributed by atoms with Crippen molar-refractivity contribution in [3.63, 3.8) is 0 Å². The third-order valence-corrected chi connectivity index (χ3v) is 6.54. The fourth-order valence-corrected chi connectivity index (χ4v) is 4.78. The molecule has 204 valence electrons. The first-order valence-corrected chi connectivity index (χ1v) is 11.9. The summed E-state index contributed by atoms with van der Waals surface area (Å²) in [5.41, 5.74) is 9.20. The number of halogens is 5. The van der Waals surface area contributed by atoms with Gasteiger partial charge in [0.15, 0.2) is 5.82 Å². The second-order valence-corrected chi connectivity index (χ2v) is 9.17. The van der Waals surface area contributed by atoms with Gasteiger partial charge in [0.2, 0.25) is 5.88 Å². The lowest BCUT2D eigenvalue weighted by Crippen LogP contribution is -2.31. The van der Waals surface area contributed by atoms with E-state index in [-0.39, 0.29) is 53.4 Å². The van der Waals surface area contributed by atoms with Crippen molar-refractivity contribution >= 4 is 40.0 Å². The molecule has 4 N–H and O–H groups in total. The Morgan fingerprint density at radius 2 is 1.90 bits per heavy atom. The highest BCUT2D eigenvalue weighted by atomic mass is 35.5. The van der Waals surface area contributed by atoms with E-state index in [4.69, 9.17) is 32.5 Å². The van der Waals surface area contributed by atoms with Crippen molar-refractivity contribution in [1.82, 2.24) is 24.9 Å². The quantitative estimate of drug-likeness (QED) is 0.334. The molecule has 4 aromatic rings. The lowest BCUT2D eigenvalue weighted by atomic mass is 10.0. The van der Waals surface area contributed by atoms with Crippen LogP contribution in [0, 0.1) is 12.7 Å². The fourth-order valence-electron chi connectivity index (χ4n) is 4.62. The largest absolute Gasteiger partial charge is 0.475 e. The summed E-state index contributed by atoms with van der Waals surface area (Å²) in [4.78, 5) is 22.3. The molecule has 1 aliphatic heterocycles. The van der Waals surface area contributed by atoms with E-state index in [1.54, 1.807) is 11.0 Å². The smallest absolute Gasteiger partial charge is 0.418 e. The molecule has 0 aromatic carbocycles. The minimum absolute atomic E-state index is 0.0216. The summed E-state index contributed by atoms with van der Waals surface area (Å²) in [5, 5.41) is 0.398. The zero-order valence-corrected chi connectivity index (χ0v) is 21.5. The van der Waals surface area contributed by atoms with Gasteiger partial charge in [-0.2, -0.15) is 23.1 Å². The van der Waals surface area contributed by atoms with Gasteiger partial charge < -0.3 is 25.8 Å². The van der Waals surface area contributed by atoms with Crippen molar-refractivity contribution in [2.75, 3.05) is 36.6 Å². The first-order valence-electron chi connectivity index (χ1n) is 11.5. The van der Waals surface area contributed by atoms with Crippen LogP contribution < -0.4 is 25.8 Å². The summed E-state index contributed by atoms with van der Waals surface area (Å²) in [6.07, 6.45) is -3.46. The molecule has 4 aromatic heterocycles. The van der Waals surface area contributed by atoms with Crippen LogP contribution in [0.3, 0.4) is 0 Å². The van der Waals surface area contributed by atoms with Gasteiger partial charge in [0.1, 0.15) is 40.7 Å². The van der Waals surface area contributed by atoms with Crippen LogP contribution in [-0.2, 0) is 6.18 Å². The minimum atomic E-state index is -4.87. The number of alkyl halides is 3. The topological polar surface area (TPSA) is 138 Å². The van der Waals surface area contributed by atoms with E-state index in [1.165, 1.54) is 13.3 Å². The Kier molecular flexibility index (Phi) is 6.45. The van der Waals surface area contributed by atoms with E-state index in [0.717, 1.165) is 13.0 Å². The number of nitrogens with two attached hydrogens (primary N) is 2. The number of anilines is 3. The number of nitrogens with zero attached hydrogens (tertiary/aromatic N) is 6. The Morgan fingerprint density at radius 3 is 2.59 bits per heavy atom. The molecule has 0 bridgehead atoms. The number of hydrogen-bond donors (Lipinski definition) is 2. The van der Waals surface area contributed by atoms with Gasteiger partial charge in [-0.05, 0) is 26.0 Å². The third-order valence-electron chi connectivity index (χ3n) is 6.33. The monoisotopic (exact) mass is 564 g/mol. The molecule has 1 unspecified atom stereocenters. The molecule has 0 radical (unpaired) electrons. The fraction of sp³-hybridized carbons (Fsp3) is 0.292. The third kappa shape index (κ3) is 4.54. The second-order valence-electron chi connectivity index (χ2n) is 8.74. The molecule has 0 spiro atoms. The van der Waals surface area contributed by atoms with Crippen LogP contribution in [0.15, 0.2) is 18.3 Å². The van der Waals surface area contributed by atoms with Gasteiger partial charge in [-0.25, -0.2) is 19.3 Å². The van der Waals surface area contributed by atoms with Crippen molar-refractivity contribution in [1.29, 1.82) is 0 Å². The molecule has 39 heavy (non-hydrogen) atoms. The normalized spacial score (nSPS) is 14.2. The lowest BCUT2D eigenvalue weighted by Gasteiger charge is -2.30. The molecule has 5 heterocycles. The van der Waals surface area contributed by atoms with Crippen LogP contribution in [0.5, 0.6) is 11.9 Å². The average molecular weight is 565 g/mol. The van der Waals surface area contributed by atoms with Gasteiger partial charge in [-0.3, -0.25) is 0 Å². The predicted octanol–water partition coefficient (Wildman–Crippen LogP) is 4.73. The Balaban J connectivity index is 1.80. The SMILES string of the molecule is COc1nc2c3c(nc(-c4cc(N)nc(C)c4C(F)(F)F)c(F)c3n1)OCCN2C(C)c1cc(Cl)cnc1N. The van der Waals surface area contributed by atoms with Crippen molar-refractivity contribution in [3.05, 3.63) is 46.0 Å². The van der Waals surface area contributed by atoms with Crippen molar-refractivity contribution < 1.29 is 27.0 Å². The van der Waals surface area contributed by atoms with Crippen molar-refractivity contribution in [3.8, 4) is 23.1 Å². The highest BCUT2D eigenvalue weighted by Gasteiger charge is 2.39. The van der Waals surface area contributed by atoms with Gasteiger partial charge in [-0.15, -0.1) is 0 Å². The summed E-state index contributed by atoms with van der Waals surface area (Å²) in [7, 11) is 1.28. The molecule has 1 aliphatic rings. The summed E-state index contributed by atoms with van der Waals surface area (Å²) in [6.45, 7) is 3.18. The van der Waals surface area contributed by atoms with Crippen molar-refractivity contribution in [2.45, 2.75) is 26.1 Å². The van der Waals surface area contributed by atoms with E-state index in [2.05, 4.69) is 24.9 Å². The summed E-state index contributed by atoms with van der Waals surface area (Å²) < 4.78 is 69.3. The van der Waals surface area contributed by atoms with Crippen LogP contribution >= 0.6 is 11.6 Å². The van der Waals surface area contributed by atoms with E-state index in [9.17, 15) is 13.2 Å². The standard InChI is InChI=1S/C24H21ClF4N8O2/c1-9-16(24(27,28)29)13(7-14(30)33-9)18-17(26)19-15-21(36-23(35-19)38-3)37(4-5-39-22(15)34-18)10(2)12-6-11(25)8-32-20(12)31/h6-8,10H,4-5H2,1-3H3,(H2,30,33)(H2,31,32). The number of ether oxygens (including phenoxy) is 2. The summed E-state index contributed by atoms with van der Waals surface area (Å²) in [5.74, 6) is -1.15. The molecule has 0 saturated carbocycles. The van der Waals surface area contributed by atoms with Crippen LogP contribution in [-0.4, -0.2) is 45.2 Å². The first-order chi connectivity index (χ1) is 18.4. The predicted molar refractivity (Wildman–Crippen MR) is 136 cm³/mol. The molecule has 15 heteroatoms.